The van der Waals surface area contributed by atoms with Crippen molar-refractivity contribution in [3.05, 3.63) is 34.9 Å². The first-order valence-corrected chi connectivity index (χ1v) is 5.33. The third kappa shape index (κ3) is 3.80. The minimum atomic E-state index is -2.59. The highest BCUT2D eigenvalue weighted by Crippen LogP contribution is 2.24. The molecule has 0 bridgehead atoms. The maximum atomic E-state index is 12.7. The number of alkyl halides is 2. The Morgan fingerprint density at radius 2 is 1.88 bits per heavy atom. The number of rotatable bonds is 2. The van der Waals surface area contributed by atoms with Crippen molar-refractivity contribution < 1.29 is 18.3 Å². The molecule has 0 aliphatic carbocycles. The summed E-state index contributed by atoms with van der Waals surface area (Å²) in [5.74, 6) is -0.584. The summed E-state index contributed by atoms with van der Waals surface area (Å²) in [6, 6.07) is 4.18. The molecule has 1 aromatic carbocycles. The van der Waals surface area contributed by atoms with Gasteiger partial charge < -0.3 is 4.74 Å². The van der Waals surface area contributed by atoms with Gasteiger partial charge in [0.05, 0.1) is 5.56 Å². The molecule has 0 fully saturated rings. The Hall–Kier alpha value is -1.45. The molecular formula is C13H16F2O2. The molecule has 0 aliphatic heterocycles. The number of carbonyl (C=O) groups is 1. The van der Waals surface area contributed by atoms with E-state index in [9.17, 15) is 13.6 Å². The zero-order valence-electron chi connectivity index (χ0n) is 10.4. The van der Waals surface area contributed by atoms with E-state index in [1.165, 1.54) is 18.2 Å². The Morgan fingerprint density at radius 1 is 1.29 bits per heavy atom. The van der Waals surface area contributed by atoms with E-state index in [-0.39, 0.29) is 11.1 Å². The van der Waals surface area contributed by atoms with Gasteiger partial charge in [-0.05, 0) is 45.4 Å². The van der Waals surface area contributed by atoms with Gasteiger partial charge in [-0.2, -0.15) is 0 Å². The summed E-state index contributed by atoms with van der Waals surface area (Å²) < 4.78 is 30.4. The van der Waals surface area contributed by atoms with E-state index in [1.807, 2.05) is 0 Å². The summed E-state index contributed by atoms with van der Waals surface area (Å²) in [5.41, 5.74) is -0.144. The lowest BCUT2D eigenvalue weighted by atomic mass is 10.1. The normalized spacial score (nSPS) is 11.7. The van der Waals surface area contributed by atoms with Gasteiger partial charge in [0, 0.05) is 5.56 Å². The van der Waals surface area contributed by atoms with Crippen molar-refractivity contribution in [3.63, 3.8) is 0 Å². The van der Waals surface area contributed by atoms with Gasteiger partial charge in [-0.3, -0.25) is 0 Å². The van der Waals surface area contributed by atoms with Gasteiger partial charge in [-0.25, -0.2) is 13.6 Å². The van der Waals surface area contributed by atoms with Gasteiger partial charge in [-0.1, -0.05) is 6.07 Å². The van der Waals surface area contributed by atoms with Crippen LogP contribution in [0.4, 0.5) is 8.78 Å². The predicted octanol–water partition coefficient (Wildman–Crippen LogP) is 3.89. The fraction of sp³-hybridized carbons (Fsp3) is 0.462. The molecule has 0 aromatic heterocycles. The summed E-state index contributed by atoms with van der Waals surface area (Å²) in [5, 5.41) is 0. The maximum absolute atomic E-state index is 12.7. The Balaban J connectivity index is 3.00. The molecule has 0 saturated heterocycles. The van der Waals surface area contributed by atoms with E-state index in [2.05, 4.69) is 0 Å². The van der Waals surface area contributed by atoms with Crippen LogP contribution in [0.15, 0.2) is 18.2 Å². The summed E-state index contributed by atoms with van der Waals surface area (Å²) >= 11 is 0. The molecule has 0 N–H and O–H groups in total. The number of halogens is 2. The van der Waals surface area contributed by atoms with Crippen molar-refractivity contribution in [2.45, 2.75) is 39.7 Å². The standard InChI is InChI=1S/C13H16F2O2/c1-8-5-6-9(7-10(8)11(14)15)12(16)17-13(2,3)4/h5-7,11H,1-4H3. The van der Waals surface area contributed by atoms with Crippen LogP contribution in [0.1, 0.15) is 48.7 Å². The van der Waals surface area contributed by atoms with Crippen LogP contribution in [0.2, 0.25) is 0 Å². The van der Waals surface area contributed by atoms with E-state index < -0.39 is 18.0 Å². The SMILES string of the molecule is Cc1ccc(C(=O)OC(C)(C)C)cc1C(F)F. The van der Waals surface area contributed by atoms with Crippen molar-refractivity contribution in [1.82, 2.24) is 0 Å². The number of esters is 1. The van der Waals surface area contributed by atoms with Gasteiger partial charge in [0.15, 0.2) is 0 Å². The zero-order chi connectivity index (χ0) is 13.2. The van der Waals surface area contributed by atoms with Gasteiger partial charge in [0.2, 0.25) is 0 Å². The Morgan fingerprint density at radius 3 is 2.35 bits per heavy atom. The lowest BCUT2D eigenvalue weighted by Gasteiger charge is -2.19. The topological polar surface area (TPSA) is 26.3 Å². The van der Waals surface area contributed by atoms with Gasteiger partial charge >= 0.3 is 5.97 Å². The maximum Gasteiger partial charge on any atom is 0.338 e. The minimum absolute atomic E-state index is 0.131. The lowest BCUT2D eigenvalue weighted by Crippen LogP contribution is -2.24. The third-order valence-electron chi connectivity index (χ3n) is 2.15. The third-order valence-corrected chi connectivity index (χ3v) is 2.15. The molecule has 2 nitrogen and oxygen atoms in total. The van der Waals surface area contributed by atoms with Crippen LogP contribution < -0.4 is 0 Å². The molecule has 0 atom stereocenters. The number of carbonyl (C=O) groups excluding carboxylic acids is 1. The van der Waals surface area contributed by atoms with Crippen LogP contribution in [0.25, 0.3) is 0 Å². The number of hydrogen-bond acceptors (Lipinski definition) is 2. The van der Waals surface area contributed by atoms with Crippen LogP contribution in [0, 0.1) is 6.92 Å². The minimum Gasteiger partial charge on any atom is -0.456 e. The Kier molecular flexibility index (Phi) is 3.86. The first-order valence-electron chi connectivity index (χ1n) is 5.33. The zero-order valence-corrected chi connectivity index (χ0v) is 10.4. The highest BCUT2D eigenvalue weighted by Gasteiger charge is 2.20. The Bertz CT molecular complexity index is 420. The monoisotopic (exact) mass is 242 g/mol. The van der Waals surface area contributed by atoms with Crippen LogP contribution in [0.3, 0.4) is 0 Å². The second-order valence-corrected chi connectivity index (χ2v) is 4.87. The molecule has 0 heterocycles. The average molecular weight is 242 g/mol. The number of ether oxygens (including phenoxy) is 1. The van der Waals surface area contributed by atoms with E-state index in [0.29, 0.717) is 5.56 Å². The highest BCUT2D eigenvalue weighted by molar-refractivity contribution is 5.90. The average Bonchev–Trinajstić information content (AvgIpc) is 2.14. The molecule has 17 heavy (non-hydrogen) atoms. The molecule has 1 aromatic rings. The quantitative estimate of drug-likeness (QED) is 0.735. The van der Waals surface area contributed by atoms with Gasteiger partial charge in [-0.15, -0.1) is 0 Å². The van der Waals surface area contributed by atoms with Crippen LogP contribution in [-0.4, -0.2) is 11.6 Å². The van der Waals surface area contributed by atoms with Crippen molar-refractivity contribution in [2.75, 3.05) is 0 Å². The number of hydrogen-bond donors (Lipinski definition) is 0. The van der Waals surface area contributed by atoms with Crippen molar-refractivity contribution in [2.24, 2.45) is 0 Å². The molecule has 0 aliphatic rings. The fourth-order valence-electron chi connectivity index (χ4n) is 1.34. The molecule has 1 rings (SSSR count). The first kappa shape index (κ1) is 13.6. The van der Waals surface area contributed by atoms with Gasteiger partial charge in [0.1, 0.15) is 5.60 Å². The molecule has 0 radical (unpaired) electrons. The van der Waals surface area contributed by atoms with E-state index in [0.717, 1.165) is 0 Å². The molecule has 94 valence electrons. The number of aryl methyl sites for hydroxylation is 1. The molecule has 0 unspecified atom stereocenters. The largest absolute Gasteiger partial charge is 0.456 e. The predicted molar refractivity (Wildman–Crippen MR) is 61.3 cm³/mol. The van der Waals surface area contributed by atoms with E-state index in [4.69, 9.17) is 4.74 Å². The summed E-state index contributed by atoms with van der Waals surface area (Å²) in [6.07, 6.45) is -2.59. The summed E-state index contributed by atoms with van der Waals surface area (Å²) in [6.45, 7) is 6.77. The molecule has 0 saturated carbocycles. The summed E-state index contributed by atoms with van der Waals surface area (Å²) in [7, 11) is 0. The second-order valence-electron chi connectivity index (χ2n) is 4.87. The molecule has 4 heteroatoms. The van der Waals surface area contributed by atoms with Crippen molar-refractivity contribution >= 4 is 5.97 Å². The summed E-state index contributed by atoms with van der Waals surface area (Å²) in [4.78, 5) is 11.7. The first-order chi connectivity index (χ1) is 7.70. The second kappa shape index (κ2) is 4.82. The van der Waals surface area contributed by atoms with Crippen LogP contribution in [-0.2, 0) is 4.74 Å². The van der Waals surface area contributed by atoms with Crippen LogP contribution in [0.5, 0.6) is 0 Å². The lowest BCUT2D eigenvalue weighted by molar-refractivity contribution is 0.00692. The van der Waals surface area contributed by atoms with Crippen LogP contribution >= 0.6 is 0 Å². The number of benzene rings is 1. The van der Waals surface area contributed by atoms with E-state index >= 15 is 0 Å². The van der Waals surface area contributed by atoms with Gasteiger partial charge in [0.25, 0.3) is 6.43 Å². The van der Waals surface area contributed by atoms with Crippen molar-refractivity contribution in [3.8, 4) is 0 Å². The fourth-order valence-corrected chi connectivity index (χ4v) is 1.34. The smallest absolute Gasteiger partial charge is 0.338 e. The van der Waals surface area contributed by atoms with E-state index in [1.54, 1.807) is 27.7 Å². The molecule has 0 spiro atoms. The Labute approximate surface area is 99.6 Å². The molecular weight excluding hydrogens is 226 g/mol. The highest BCUT2D eigenvalue weighted by atomic mass is 19.3. The van der Waals surface area contributed by atoms with Crippen molar-refractivity contribution in [1.29, 1.82) is 0 Å². The molecule has 0 amide bonds.